The second kappa shape index (κ2) is 7.09. The van der Waals surface area contributed by atoms with E-state index in [1.807, 2.05) is 13.8 Å². The second-order valence-corrected chi connectivity index (χ2v) is 5.90. The van der Waals surface area contributed by atoms with Crippen molar-refractivity contribution in [1.29, 1.82) is 0 Å². The van der Waals surface area contributed by atoms with Gasteiger partial charge in [0, 0.05) is 17.8 Å². The molecule has 3 amide bonds. The number of nitrogens with one attached hydrogen (secondary N) is 2. The first-order valence-electron chi connectivity index (χ1n) is 6.17. The van der Waals surface area contributed by atoms with Crippen molar-refractivity contribution in [3.05, 3.63) is 11.8 Å². The minimum atomic E-state index is -0.512. The Morgan fingerprint density at radius 2 is 1.95 bits per heavy atom. The van der Waals surface area contributed by atoms with E-state index in [-0.39, 0.29) is 6.04 Å². The van der Waals surface area contributed by atoms with Gasteiger partial charge in [-0.3, -0.25) is 10.1 Å². The summed E-state index contributed by atoms with van der Waals surface area (Å²) in [5.74, 6) is -0.0537. The number of thioether (sulfide) groups is 1. The molecule has 0 fully saturated rings. The summed E-state index contributed by atoms with van der Waals surface area (Å²) >= 11 is 1.15. The third kappa shape index (κ3) is 5.43. The van der Waals surface area contributed by atoms with Crippen molar-refractivity contribution in [2.45, 2.75) is 44.1 Å². The number of rotatable bonds is 4. The number of hydrogen-bond acceptors (Lipinski definition) is 6. The van der Waals surface area contributed by atoms with Gasteiger partial charge in [-0.2, -0.15) is 0 Å². The minimum absolute atomic E-state index is 0.0364. The Bertz CT molecular complexity index is 486. The van der Waals surface area contributed by atoms with Gasteiger partial charge in [-0.15, -0.1) is 0 Å². The van der Waals surface area contributed by atoms with Gasteiger partial charge in [0.25, 0.3) is 0 Å². The topological polar surface area (TPSA) is 110 Å². The number of imide groups is 1. The third-order valence-corrected chi connectivity index (χ3v) is 3.12. The van der Waals surface area contributed by atoms with Crippen LogP contribution in [0.1, 0.15) is 26.5 Å². The molecular formula is C12H19N5O2S. The van der Waals surface area contributed by atoms with Crippen molar-refractivity contribution in [1.82, 2.24) is 20.6 Å². The summed E-state index contributed by atoms with van der Waals surface area (Å²) in [6.07, 6.45) is 0. The molecule has 8 heteroatoms. The van der Waals surface area contributed by atoms with Crippen LogP contribution in [-0.2, 0) is 4.79 Å². The normalized spacial score (nSPS) is 12.1. The van der Waals surface area contributed by atoms with Crippen molar-refractivity contribution in [2.24, 2.45) is 0 Å². The number of aromatic nitrogens is 2. The smallest absolute Gasteiger partial charge is 0.321 e. The summed E-state index contributed by atoms with van der Waals surface area (Å²) in [5, 5.41) is 4.75. The van der Waals surface area contributed by atoms with Crippen molar-refractivity contribution in [3.8, 4) is 0 Å². The molecule has 0 aliphatic heterocycles. The maximum atomic E-state index is 11.8. The molecule has 0 aliphatic carbocycles. The minimum Gasteiger partial charge on any atom is -0.384 e. The SMILES string of the molecule is Cc1cc(N)nc(S[C@@H](C)C(=O)NC(=O)NC(C)C)n1. The number of hydrogen-bond donors (Lipinski definition) is 3. The lowest BCUT2D eigenvalue weighted by Gasteiger charge is -2.12. The molecule has 20 heavy (non-hydrogen) atoms. The Morgan fingerprint density at radius 3 is 2.50 bits per heavy atom. The van der Waals surface area contributed by atoms with Crippen molar-refractivity contribution < 1.29 is 9.59 Å². The molecule has 7 nitrogen and oxygen atoms in total. The van der Waals surface area contributed by atoms with Crippen LogP contribution >= 0.6 is 11.8 Å². The Morgan fingerprint density at radius 1 is 1.30 bits per heavy atom. The zero-order chi connectivity index (χ0) is 15.3. The molecule has 0 bridgehead atoms. The molecule has 1 rings (SSSR count). The zero-order valence-electron chi connectivity index (χ0n) is 11.9. The van der Waals surface area contributed by atoms with Crippen LogP contribution in [-0.4, -0.2) is 33.2 Å². The molecule has 1 heterocycles. The quantitative estimate of drug-likeness (QED) is 0.566. The van der Waals surface area contributed by atoms with E-state index < -0.39 is 17.2 Å². The maximum absolute atomic E-state index is 11.8. The average Bonchev–Trinajstić information content (AvgIpc) is 2.25. The number of nitrogens with two attached hydrogens (primary N) is 1. The van der Waals surface area contributed by atoms with Gasteiger partial charge < -0.3 is 11.1 Å². The van der Waals surface area contributed by atoms with Crippen LogP contribution in [0.2, 0.25) is 0 Å². The number of urea groups is 1. The first kappa shape index (κ1) is 16.2. The predicted molar refractivity (Wildman–Crippen MR) is 78.3 cm³/mol. The molecule has 110 valence electrons. The van der Waals surface area contributed by atoms with E-state index >= 15 is 0 Å². The summed E-state index contributed by atoms with van der Waals surface area (Å²) in [5.41, 5.74) is 6.34. The van der Waals surface area contributed by atoms with Crippen LogP contribution in [0.15, 0.2) is 11.2 Å². The molecule has 1 aromatic rings. The number of carbonyl (C=O) groups is 2. The Kier molecular flexibility index (Phi) is 5.75. The van der Waals surface area contributed by atoms with Crippen LogP contribution in [0.4, 0.5) is 10.6 Å². The fourth-order valence-corrected chi connectivity index (χ4v) is 2.18. The van der Waals surface area contributed by atoms with Gasteiger partial charge in [-0.1, -0.05) is 11.8 Å². The number of nitrogens with zero attached hydrogens (tertiary/aromatic N) is 2. The molecule has 1 aromatic heterocycles. The van der Waals surface area contributed by atoms with E-state index in [9.17, 15) is 9.59 Å². The molecule has 0 saturated carbocycles. The molecule has 0 unspecified atom stereocenters. The van der Waals surface area contributed by atoms with Gasteiger partial charge in [0.2, 0.25) is 5.91 Å². The summed E-state index contributed by atoms with van der Waals surface area (Å²) in [4.78, 5) is 31.5. The summed E-state index contributed by atoms with van der Waals surface area (Å²) in [7, 11) is 0. The molecule has 0 aliphatic rings. The van der Waals surface area contributed by atoms with E-state index in [1.165, 1.54) is 0 Å². The van der Waals surface area contributed by atoms with Crippen LogP contribution in [0, 0.1) is 6.92 Å². The number of amides is 3. The molecule has 0 aromatic carbocycles. The summed E-state index contributed by atoms with van der Waals surface area (Å²) in [6, 6.07) is 1.10. The highest BCUT2D eigenvalue weighted by Gasteiger charge is 2.18. The average molecular weight is 297 g/mol. The molecule has 0 radical (unpaired) electrons. The first-order valence-corrected chi connectivity index (χ1v) is 7.05. The number of carbonyl (C=O) groups excluding carboxylic acids is 2. The molecule has 0 saturated heterocycles. The van der Waals surface area contributed by atoms with Crippen LogP contribution in [0.25, 0.3) is 0 Å². The monoisotopic (exact) mass is 297 g/mol. The van der Waals surface area contributed by atoms with E-state index in [4.69, 9.17) is 5.73 Å². The highest BCUT2D eigenvalue weighted by molar-refractivity contribution is 8.00. The second-order valence-electron chi connectivity index (χ2n) is 4.59. The van der Waals surface area contributed by atoms with Crippen molar-refractivity contribution in [2.75, 3.05) is 5.73 Å². The molecule has 4 N–H and O–H groups in total. The highest BCUT2D eigenvalue weighted by atomic mass is 32.2. The van der Waals surface area contributed by atoms with E-state index in [0.717, 1.165) is 17.5 Å². The number of nitrogen functional groups attached to an aromatic ring is 1. The largest absolute Gasteiger partial charge is 0.384 e. The third-order valence-electron chi connectivity index (χ3n) is 2.16. The highest BCUT2D eigenvalue weighted by Crippen LogP contribution is 2.20. The zero-order valence-corrected chi connectivity index (χ0v) is 12.7. The fourth-order valence-electron chi connectivity index (χ4n) is 1.34. The van der Waals surface area contributed by atoms with E-state index in [0.29, 0.717) is 11.0 Å². The standard InChI is InChI=1S/C12H19N5O2S/c1-6(2)14-11(19)17-10(18)8(4)20-12-15-7(3)5-9(13)16-12/h5-6,8H,1-4H3,(H2,13,15,16)(H2,14,17,18,19)/t8-/m0/s1. The van der Waals surface area contributed by atoms with E-state index in [2.05, 4.69) is 20.6 Å². The lowest BCUT2D eigenvalue weighted by molar-refractivity contribution is -0.119. The van der Waals surface area contributed by atoms with E-state index in [1.54, 1.807) is 19.9 Å². The molecule has 0 spiro atoms. The van der Waals surface area contributed by atoms with Crippen molar-refractivity contribution in [3.63, 3.8) is 0 Å². The first-order chi connectivity index (χ1) is 9.27. The Labute approximate surface area is 122 Å². The fraction of sp³-hybridized carbons (Fsp3) is 0.500. The number of anilines is 1. The summed E-state index contributed by atoms with van der Waals surface area (Å²) < 4.78 is 0. The van der Waals surface area contributed by atoms with Gasteiger partial charge in [0.05, 0.1) is 5.25 Å². The van der Waals surface area contributed by atoms with Gasteiger partial charge in [-0.25, -0.2) is 14.8 Å². The lowest BCUT2D eigenvalue weighted by atomic mass is 10.4. The summed E-state index contributed by atoms with van der Waals surface area (Å²) in [6.45, 7) is 7.09. The Balaban J connectivity index is 2.59. The van der Waals surface area contributed by atoms with Gasteiger partial charge >= 0.3 is 6.03 Å². The van der Waals surface area contributed by atoms with Gasteiger partial charge in [0.1, 0.15) is 5.82 Å². The molecular weight excluding hydrogens is 278 g/mol. The van der Waals surface area contributed by atoms with Crippen LogP contribution < -0.4 is 16.4 Å². The van der Waals surface area contributed by atoms with Crippen LogP contribution in [0.5, 0.6) is 0 Å². The Hall–Kier alpha value is -1.83. The predicted octanol–water partition coefficient (Wildman–Crippen LogP) is 1.08. The number of aryl methyl sites for hydroxylation is 1. The van der Waals surface area contributed by atoms with Crippen LogP contribution in [0.3, 0.4) is 0 Å². The molecule has 1 atom stereocenters. The van der Waals surface area contributed by atoms with Gasteiger partial charge in [0.15, 0.2) is 5.16 Å². The maximum Gasteiger partial charge on any atom is 0.321 e. The van der Waals surface area contributed by atoms with Crippen molar-refractivity contribution >= 4 is 29.5 Å². The van der Waals surface area contributed by atoms with Gasteiger partial charge in [-0.05, 0) is 27.7 Å². The lowest BCUT2D eigenvalue weighted by Crippen LogP contribution is -2.45.